The first kappa shape index (κ1) is 22.0. The van der Waals surface area contributed by atoms with Crippen LogP contribution in [0.25, 0.3) is 15.8 Å². The van der Waals surface area contributed by atoms with E-state index in [0.29, 0.717) is 33.0 Å². The minimum absolute atomic E-state index is 0.112. The highest BCUT2D eigenvalue weighted by Gasteiger charge is 2.18. The molecule has 0 aliphatic heterocycles. The van der Waals surface area contributed by atoms with Crippen molar-refractivity contribution >= 4 is 50.5 Å². The molecule has 0 aliphatic carbocycles. The van der Waals surface area contributed by atoms with Gasteiger partial charge in [0, 0.05) is 35.0 Å². The molecule has 32 heavy (non-hydrogen) atoms. The number of nitrogens with zero attached hydrogens (tertiary/aromatic N) is 5. The molecule has 13 heteroatoms. The molecule has 0 saturated carbocycles. The molecule has 0 radical (unpaired) electrons. The fraction of sp³-hybridized carbons (Fsp3) is 0.158. The second-order valence-electron chi connectivity index (χ2n) is 6.36. The first-order valence-corrected chi connectivity index (χ1v) is 11.1. The lowest BCUT2D eigenvalue weighted by molar-refractivity contribution is -0.382. The van der Waals surface area contributed by atoms with Crippen molar-refractivity contribution in [2.45, 2.75) is 10.1 Å². The number of rotatable bonds is 7. The van der Waals surface area contributed by atoms with Gasteiger partial charge in [-0.15, -0.1) is 16.4 Å². The predicted octanol–water partition coefficient (Wildman–Crippen LogP) is 4.11. The Morgan fingerprint density at radius 2 is 1.91 bits per heavy atom. The average Bonchev–Trinajstić information content (AvgIpc) is 3.26. The quantitative estimate of drug-likeness (QED) is 0.213. The van der Waals surface area contributed by atoms with Gasteiger partial charge in [-0.3, -0.25) is 14.9 Å². The molecule has 0 fully saturated rings. The van der Waals surface area contributed by atoms with Gasteiger partial charge in [0.25, 0.3) is 11.2 Å². The molecule has 0 atom stereocenters. The normalized spacial score (nSPS) is 11.0. The summed E-state index contributed by atoms with van der Waals surface area (Å²) in [5, 5.41) is 19.9. The summed E-state index contributed by atoms with van der Waals surface area (Å²) in [6, 6.07) is 7.93. The zero-order valence-electron chi connectivity index (χ0n) is 16.6. The second kappa shape index (κ2) is 9.10. The van der Waals surface area contributed by atoms with Gasteiger partial charge in [0.1, 0.15) is 16.2 Å². The van der Waals surface area contributed by atoms with E-state index in [9.17, 15) is 14.9 Å². The molecular formula is C19H14ClN5O5S2. The number of nitro groups is 1. The molecule has 0 amide bonds. The van der Waals surface area contributed by atoms with Crippen molar-refractivity contribution in [2.75, 3.05) is 14.2 Å². The molecule has 2 heterocycles. The number of benzene rings is 2. The SMILES string of the molecule is COc1cc(OC)cc(-n2cc(CSc3nc(=O)c4cc(Cl)cc([N+](=O)[O-])c4s3)nn2)c1. The van der Waals surface area contributed by atoms with E-state index in [1.807, 2.05) is 0 Å². The summed E-state index contributed by atoms with van der Waals surface area (Å²) in [7, 11) is 3.12. The Hall–Kier alpha value is -3.22. The Balaban J connectivity index is 1.59. The molecular weight excluding hydrogens is 478 g/mol. The highest BCUT2D eigenvalue weighted by molar-refractivity contribution is 8.00. The van der Waals surface area contributed by atoms with Crippen LogP contribution in [0.5, 0.6) is 11.5 Å². The van der Waals surface area contributed by atoms with E-state index < -0.39 is 10.5 Å². The van der Waals surface area contributed by atoms with Crippen LogP contribution in [-0.2, 0) is 5.75 Å². The predicted molar refractivity (Wildman–Crippen MR) is 122 cm³/mol. The highest BCUT2D eigenvalue weighted by atomic mass is 35.5. The lowest BCUT2D eigenvalue weighted by Gasteiger charge is -2.07. The van der Waals surface area contributed by atoms with Gasteiger partial charge < -0.3 is 9.47 Å². The summed E-state index contributed by atoms with van der Waals surface area (Å²) >= 11 is 8.20. The van der Waals surface area contributed by atoms with E-state index in [-0.39, 0.29) is 20.8 Å². The monoisotopic (exact) mass is 491 g/mol. The van der Waals surface area contributed by atoms with Crippen molar-refractivity contribution in [3.63, 3.8) is 0 Å². The van der Waals surface area contributed by atoms with Gasteiger partial charge in [-0.25, -0.2) is 4.68 Å². The van der Waals surface area contributed by atoms with Crippen LogP contribution in [0.15, 0.2) is 45.7 Å². The zero-order chi connectivity index (χ0) is 22.8. The lowest BCUT2D eigenvalue weighted by atomic mass is 10.2. The van der Waals surface area contributed by atoms with E-state index >= 15 is 0 Å². The molecule has 4 rings (SSSR count). The van der Waals surface area contributed by atoms with E-state index in [1.54, 1.807) is 43.3 Å². The van der Waals surface area contributed by atoms with Crippen LogP contribution >= 0.6 is 34.7 Å². The molecule has 0 N–H and O–H groups in total. The third-order valence-corrected chi connectivity index (χ3v) is 6.83. The summed E-state index contributed by atoms with van der Waals surface area (Å²) in [5.74, 6) is 1.58. The third-order valence-electron chi connectivity index (χ3n) is 4.33. The number of nitro benzene ring substituents is 1. The zero-order valence-corrected chi connectivity index (χ0v) is 19.0. The summed E-state index contributed by atoms with van der Waals surface area (Å²) < 4.78 is 12.7. The maximum atomic E-state index is 12.4. The number of methoxy groups -OCH3 is 2. The number of thioether (sulfide) groups is 1. The Labute approximate surface area is 193 Å². The average molecular weight is 492 g/mol. The van der Waals surface area contributed by atoms with Crippen molar-refractivity contribution in [3.8, 4) is 17.2 Å². The lowest BCUT2D eigenvalue weighted by Crippen LogP contribution is -2.06. The van der Waals surface area contributed by atoms with Crippen LogP contribution in [-0.4, -0.2) is 39.1 Å². The second-order valence-corrected chi connectivity index (χ2v) is 9.02. The maximum absolute atomic E-state index is 12.4. The fourth-order valence-electron chi connectivity index (χ4n) is 2.85. The molecule has 10 nitrogen and oxygen atoms in total. The summed E-state index contributed by atoms with van der Waals surface area (Å²) in [6.45, 7) is 0. The van der Waals surface area contributed by atoms with Crippen LogP contribution < -0.4 is 15.0 Å². The summed E-state index contributed by atoms with van der Waals surface area (Å²) in [4.78, 5) is 27.2. The van der Waals surface area contributed by atoms with Crippen LogP contribution in [0.1, 0.15) is 5.69 Å². The van der Waals surface area contributed by atoms with E-state index in [0.717, 1.165) is 11.3 Å². The minimum Gasteiger partial charge on any atom is -0.497 e. The van der Waals surface area contributed by atoms with E-state index in [2.05, 4.69) is 15.3 Å². The maximum Gasteiger partial charge on any atom is 0.288 e. The van der Waals surface area contributed by atoms with Crippen LogP contribution in [0.4, 0.5) is 5.69 Å². The van der Waals surface area contributed by atoms with Gasteiger partial charge in [-0.2, -0.15) is 4.98 Å². The van der Waals surface area contributed by atoms with Gasteiger partial charge in [-0.1, -0.05) is 28.6 Å². The van der Waals surface area contributed by atoms with E-state index in [1.165, 1.54) is 23.9 Å². The molecule has 2 aromatic carbocycles. The standard InChI is InChI=1S/C19H14ClN5O5S2/c1-29-13-5-12(6-14(7-13)30-2)24-8-11(22-23-24)9-31-19-21-18(26)15-3-10(20)4-16(25(27)28)17(15)32-19/h3-8H,9H2,1-2H3. The molecule has 2 aromatic heterocycles. The molecule has 0 aliphatic rings. The van der Waals surface area contributed by atoms with Crippen molar-refractivity contribution in [3.05, 3.63) is 67.7 Å². The minimum atomic E-state index is -0.570. The number of halogens is 1. The number of aromatic nitrogens is 4. The van der Waals surface area contributed by atoms with Gasteiger partial charge >= 0.3 is 0 Å². The van der Waals surface area contributed by atoms with Crippen molar-refractivity contribution in [2.24, 2.45) is 0 Å². The third kappa shape index (κ3) is 4.52. The smallest absolute Gasteiger partial charge is 0.288 e. The number of hydrogen-bond donors (Lipinski definition) is 0. The van der Waals surface area contributed by atoms with Gasteiger partial charge in [0.05, 0.1) is 42.1 Å². The van der Waals surface area contributed by atoms with Gasteiger partial charge in [0.15, 0.2) is 4.34 Å². The van der Waals surface area contributed by atoms with E-state index in [4.69, 9.17) is 21.1 Å². The molecule has 164 valence electrons. The Kier molecular flexibility index (Phi) is 6.26. The molecule has 0 bridgehead atoms. The highest BCUT2D eigenvalue weighted by Crippen LogP contribution is 2.35. The Morgan fingerprint density at radius 1 is 1.19 bits per heavy atom. The number of fused-ring (bicyclic) bond motifs is 1. The molecule has 0 spiro atoms. The number of ether oxygens (including phenoxy) is 2. The van der Waals surface area contributed by atoms with Crippen molar-refractivity contribution < 1.29 is 14.4 Å². The van der Waals surface area contributed by atoms with Crippen LogP contribution in [0, 0.1) is 10.1 Å². The number of hydrogen-bond acceptors (Lipinski definition) is 10. The van der Waals surface area contributed by atoms with Crippen LogP contribution in [0.2, 0.25) is 5.02 Å². The molecule has 0 saturated heterocycles. The Bertz CT molecular complexity index is 1370. The topological polar surface area (TPSA) is 122 Å². The fourth-order valence-corrected chi connectivity index (χ4v) is 5.07. The summed E-state index contributed by atoms with van der Waals surface area (Å²) in [6.07, 6.45) is 1.73. The Morgan fingerprint density at radius 3 is 2.56 bits per heavy atom. The first-order valence-electron chi connectivity index (χ1n) is 8.94. The molecule has 4 aromatic rings. The summed E-state index contributed by atoms with van der Waals surface area (Å²) in [5.41, 5.74) is 0.533. The van der Waals surface area contributed by atoms with Crippen molar-refractivity contribution in [1.82, 2.24) is 20.0 Å². The largest absolute Gasteiger partial charge is 0.497 e. The van der Waals surface area contributed by atoms with Gasteiger partial charge in [0.2, 0.25) is 0 Å². The van der Waals surface area contributed by atoms with Crippen LogP contribution in [0.3, 0.4) is 0 Å². The van der Waals surface area contributed by atoms with Gasteiger partial charge in [-0.05, 0) is 6.07 Å². The van der Waals surface area contributed by atoms with Crippen molar-refractivity contribution in [1.29, 1.82) is 0 Å². The first-order chi connectivity index (χ1) is 15.4. The number of non-ortho nitro benzene ring substituents is 1. The molecule has 0 unspecified atom stereocenters.